The lowest BCUT2D eigenvalue weighted by Crippen LogP contribution is -2.17. The largest absolute Gasteiger partial charge is 0.424 e. The van der Waals surface area contributed by atoms with Crippen LogP contribution < -0.4 is 10.8 Å². The second kappa shape index (κ2) is 10.5. The summed E-state index contributed by atoms with van der Waals surface area (Å²) in [5.41, 5.74) is 1.94. The molecule has 30 heavy (non-hydrogen) atoms. The smallest absolute Gasteiger partial charge is 0.385 e. The van der Waals surface area contributed by atoms with Crippen LogP contribution in [0.1, 0.15) is 30.9 Å². The number of hydrogen-bond donors (Lipinski definition) is 1. The van der Waals surface area contributed by atoms with Crippen molar-refractivity contribution in [2.24, 2.45) is 0 Å². The van der Waals surface area contributed by atoms with Gasteiger partial charge in [-0.1, -0.05) is 53.5 Å². The fraction of sp³-hybridized carbons (Fsp3) is 0.286. The maximum atomic E-state index is 13.4. The number of benzene rings is 2. The lowest BCUT2D eigenvalue weighted by Gasteiger charge is -2.15. The van der Waals surface area contributed by atoms with E-state index >= 15 is 0 Å². The summed E-state index contributed by atoms with van der Waals surface area (Å²) < 4.78 is 30.3. The molecule has 0 amide bonds. The molecule has 0 aliphatic carbocycles. The van der Waals surface area contributed by atoms with E-state index in [1.165, 1.54) is 0 Å². The molecule has 0 unspecified atom stereocenters. The second-order valence-corrected chi connectivity index (χ2v) is 9.12. The summed E-state index contributed by atoms with van der Waals surface area (Å²) in [6, 6.07) is 14.8. The van der Waals surface area contributed by atoms with Gasteiger partial charge in [0.25, 0.3) is 0 Å². The molecule has 3 rings (SSSR count). The van der Waals surface area contributed by atoms with Gasteiger partial charge >= 0.3 is 7.60 Å². The molecule has 0 fully saturated rings. The van der Waals surface area contributed by atoms with Crippen molar-refractivity contribution in [3.63, 3.8) is 0 Å². The molecule has 0 saturated heterocycles. The first-order chi connectivity index (χ1) is 14.4. The monoisotopic (exact) mass is 468 g/mol. The highest BCUT2D eigenvalue weighted by molar-refractivity contribution is 7.62. The fourth-order valence-corrected chi connectivity index (χ4v) is 4.76. The van der Waals surface area contributed by atoms with Gasteiger partial charge in [0.05, 0.1) is 13.2 Å². The molecule has 0 saturated carbocycles. The lowest BCUT2D eigenvalue weighted by atomic mass is 10.1. The van der Waals surface area contributed by atoms with Crippen LogP contribution in [-0.4, -0.2) is 18.2 Å². The number of nitrogens with zero attached hydrogens (tertiary/aromatic N) is 1. The molecule has 6 nitrogen and oxygen atoms in total. The highest BCUT2D eigenvalue weighted by Gasteiger charge is 2.35. The third-order valence-corrected chi connectivity index (χ3v) is 6.82. The van der Waals surface area contributed by atoms with Gasteiger partial charge in [-0.25, -0.2) is 4.98 Å². The third kappa shape index (κ3) is 5.65. The van der Waals surface area contributed by atoms with Crippen molar-refractivity contribution >= 4 is 42.1 Å². The summed E-state index contributed by atoms with van der Waals surface area (Å²) in [7, 11) is -3.66. The quantitative estimate of drug-likeness (QED) is 0.363. The summed E-state index contributed by atoms with van der Waals surface area (Å²) in [5, 5.41) is 4.40. The summed E-state index contributed by atoms with van der Waals surface area (Å²) in [5.74, 6) is 0.623. The minimum atomic E-state index is -3.66. The molecule has 1 N–H and O–H groups in total. The number of nitrogens with one attached hydrogen (secondary N) is 1. The van der Waals surface area contributed by atoms with Crippen LogP contribution in [0.3, 0.4) is 0 Å². The molecular weight excluding hydrogens is 446 g/mol. The van der Waals surface area contributed by atoms with Gasteiger partial charge in [0.2, 0.25) is 17.2 Å². The van der Waals surface area contributed by atoms with E-state index in [0.717, 1.165) is 11.1 Å². The molecule has 160 valence electrons. The predicted octanol–water partition coefficient (Wildman–Crippen LogP) is 6.08. The zero-order chi connectivity index (χ0) is 21.6. The number of aromatic nitrogens is 1. The van der Waals surface area contributed by atoms with Crippen LogP contribution in [0, 0.1) is 0 Å². The molecule has 0 aliphatic heterocycles. The SMILES string of the molecule is CCOP(=O)(OCC)c1nc(Cc2ccc(Cl)cc2)oc1NCc1ccccc1Cl. The maximum absolute atomic E-state index is 13.4. The van der Waals surface area contributed by atoms with Crippen LogP contribution in [0.15, 0.2) is 52.9 Å². The number of oxazole rings is 1. The van der Waals surface area contributed by atoms with Crippen molar-refractivity contribution in [1.29, 1.82) is 0 Å². The predicted molar refractivity (Wildman–Crippen MR) is 120 cm³/mol. The second-order valence-electron chi connectivity index (χ2n) is 6.34. The summed E-state index contributed by atoms with van der Waals surface area (Å²) >= 11 is 12.2. The zero-order valence-corrected chi connectivity index (χ0v) is 19.1. The van der Waals surface area contributed by atoms with Crippen molar-refractivity contribution in [3.8, 4) is 0 Å². The average molecular weight is 469 g/mol. The fourth-order valence-electron chi connectivity index (χ4n) is 2.83. The molecule has 0 atom stereocenters. The van der Waals surface area contributed by atoms with Crippen LogP contribution >= 0.6 is 30.8 Å². The van der Waals surface area contributed by atoms with E-state index in [4.69, 9.17) is 36.7 Å². The Hall–Kier alpha value is -1.82. The summed E-state index contributed by atoms with van der Waals surface area (Å²) in [6.45, 7) is 4.27. The Morgan fingerprint density at radius 1 is 1.03 bits per heavy atom. The van der Waals surface area contributed by atoms with E-state index in [1.54, 1.807) is 32.0 Å². The Morgan fingerprint density at radius 3 is 2.33 bits per heavy atom. The van der Waals surface area contributed by atoms with E-state index in [9.17, 15) is 4.57 Å². The van der Waals surface area contributed by atoms with E-state index in [1.807, 2.05) is 30.3 Å². The van der Waals surface area contributed by atoms with Gasteiger partial charge in [0.15, 0.2) is 0 Å². The van der Waals surface area contributed by atoms with E-state index in [2.05, 4.69) is 10.3 Å². The minimum Gasteiger partial charge on any atom is -0.424 e. The number of halogens is 2. The first-order valence-corrected chi connectivity index (χ1v) is 11.9. The maximum Gasteiger partial charge on any atom is 0.385 e. The first kappa shape index (κ1) is 22.9. The molecule has 1 aromatic heterocycles. The highest BCUT2D eigenvalue weighted by atomic mass is 35.5. The Balaban J connectivity index is 1.92. The van der Waals surface area contributed by atoms with Crippen molar-refractivity contribution in [2.45, 2.75) is 26.8 Å². The van der Waals surface area contributed by atoms with Gasteiger partial charge in [0.1, 0.15) is 0 Å². The molecule has 0 aliphatic rings. The van der Waals surface area contributed by atoms with Crippen molar-refractivity contribution in [1.82, 2.24) is 4.98 Å². The first-order valence-electron chi connectivity index (χ1n) is 9.56. The molecule has 0 radical (unpaired) electrons. The number of anilines is 1. The Kier molecular flexibility index (Phi) is 7.98. The lowest BCUT2D eigenvalue weighted by molar-refractivity contribution is 0.229. The summed E-state index contributed by atoms with van der Waals surface area (Å²) in [6.07, 6.45) is 0.399. The number of hydrogen-bond acceptors (Lipinski definition) is 6. The van der Waals surface area contributed by atoms with Crippen LogP contribution in [0.5, 0.6) is 0 Å². The third-order valence-electron chi connectivity index (χ3n) is 4.18. The van der Waals surface area contributed by atoms with Crippen LogP contribution in [0.25, 0.3) is 0 Å². The standard InChI is InChI=1S/C21H23Cl2N2O4P/c1-3-27-30(26,28-4-2)21-20(24-14-16-7-5-6-8-18(16)23)29-19(25-21)13-15-9-11-17(22)12-10-15/h5-12,24H,3-4,13-14H2,1-2H3. The minimum absolute atomic E-state index is 0.127. The molecular formula is C21H23Cl2N2O4P. The molecule has 0 spiro atoms. The van der Waals surface area contributed by atoms with E-state index < -0.39 is 7.60 Å². The normalized spacial score (nSPS) is 11.6. The molecule has 9 heteroatoms. The Morgan fingerprint density at radius 2 is 1.70 bits per heavy atom. The van der Waals surface area contributed by atoms with Gasteiger partial charge < -0.3 is 18.8 Å². The van der Waals surface area contributed by atoms with Gasteiger partial charge in [-0.15, -0.1) is 0 Å². The van der Waals surface area contributed by atoms with Crippen LogP contribution in [0.4, 0.5) is 5.88 Å². The number of rotatable bonds is 10. The summed E-state index contributed by atoms with van der Waals surface area (Å²) in [4.78, 5) is 4.46. The Labute approximate surface area is 186 Å². The highest BCUT2D eigenvalue weighted by Crippen LogP contribution is 2.48. The molecule has 1 heterocycles. The molecule has 0 bridgehead atoms. The van der Waals surface area contributed by atoms with Crippen LogP contribution in [-0.2, 0) is 26.6 Å². The van der Waals surface area contributed by atoms with E-state index in [0.29, 0.717) is 28.9 Å². The Bertz CT molecular complexity index is 1010. The van der Waals surface area contributed by atoms with E-state index in [-0.39, 0.29) is 24.5 Å². The van der Waals surface area contributed by atoms with Crippen LogP contribution in [0.2, 0.25) is 10.0 Å². The molecule has 2 aromatic carbocycles. The van der Waals surface area contributed by atoms with Crippen molar-refractivity contribution in [2.75, 3.05) is 18.5 Å². The van der Waals surface area contributed by atoms with Crippen molar-refractivity contribution < 1.29 is 18.0 Å². The average Bonchev–Trinajstić information content (AvgIpc) is 3.13. The van der Waals surface area contributed by atoms with Gasteiger partial charge in [-0.3, -0.25) is 4.57 Å². The van der Waals surface area contributed by atoms with Gasteiger partial charge in [-0.2, -0.15) is 0 Å². The van der Waals surface area contributed by atoms with Crippen molar-refractivity contribution in [3.05, 3.63) is 75.6 Å². The van der Waals surface area contributed by atoms with Gasteiger partial charge in [-0.05, 0) is 43.2 Å². The van der Waals surface area contributed by atoms with Gasteiger partial charge in [0, 0.05) is 23.0 Å². The molecule has 3 aromatic rings. The topological polar surface area (TPSA) is 73.6 Å². The zero-order valence-electron chi connectivity index (χ0n) is 16.7.